The highest BCUT2D eigenvalue weighted by atomic mass is 15.2. The third-order valence-corrected chi connectivity index (χ3v) is 15.6. The first kappa shape index (κ1) is 39.8. The Morgan fingerprint density at radius 3 is 1.34 bits per heavy atom. The van der Waals surface area contributed by atoms with Crippen molar-refractivity contribution in [3.05, 3.63) is 254 Å². The van der Waals surface area contributed by atoms with Crippen molar-refractivity contribution in [3.8, 4) is 22.5 Å². The Morgan fingerprint density at radius 1 is 0.310 bits per heavy atom. The molecule has 0 radical (unpaired) electrons. The number of hydrogen-bond acceptors (Lipinski definition) is 2. The summed E-state index contributed by atoms with van der Waals surface area (Å²) in [7, 11) is 0. The fraction of sp³-hybridized carbons (Fsp3) is 0.0448. The average molecular weight is 907 g/mol. The molecule has 4 heteroatoms. The predicted octanol–water partition coefficient (Wildman–Crippen LogP) is 18.3. The van der Waals surface area contributed by atoms with Crippen LogP contribution in [-0.2, 0) is 5.41 Å². The highest BCUT2D eigenvalue weighted by molar-refractivity contribution is 6.28. The summed E-state index contributed by atoms with van der Waals surface area (Å²) >= 11 is 0. The van der Waals surface area contributed by atoms with Gasteiger partial charge in [-0.05, 0) is 136 Å². The van der Waals surface area contributed by atoms with E-state index in [2.05, 4.69) is 275 Å². The molecule has 0 spiro atoms. The lowest BCUT2D eigenvalue weighted by Gasteiger charge is -2.31. The van der Waals surface area contributed by atoms with Crippen LogP contribution < -0.4 is 9.80 Å². The Morgan fingerprint density at radius 2 is 0.761 bits per heavy atom. The van der Waals surface area contributed by atoms with Crippen LogP contribution in [0.5, 0.6) is 0 Å². The predicted molar refractivity (Wildman–Crippen MR) is 299 cm³/mol. The van der Waals surface area contributed by atoms with Crippen molar-refractivity contribution in [1.82, 2.24) is 9.13 Å². The molecule has 0 aliphatic heterocycles. The molecule has 4 nitrogen and oxygen atoms in total. The summed E-state index contributed by atoms with van der Waals surface area (Å²) in [6, 6.07) is 89.7. The van der Waals surface area contributed by atoms with Gasteiger partial charge >= 0.3 is 0 Å². The zero-order valence-corrected chi connectivity index (χ0v) is 39.4. The number of aromatic nitrogens is 2. The zero-order valence-electron chi connectivity index (χ0n) is 39.4. The highest BCUT2D eigenvalue weighted by Crippen LogP contribution is 2.53. The highest BCUT2D eigenvalue weighted by Gasteiger charge is 2.36. The maximum absolute atomic E-state index is 2.51. The van der Waals surface area contributed by atoms with Gasteiger partial charge in [0.2, 0.25) is 0 Å². The van der Waals surface area contributed by atoms with E-state index < -0.39 is 0 Å². The van der Waals surface area contributed by atoms with E-state index in [1.54, 1.807) is 0 Å². The van der Waals surface area contributed by atoms with Gasteiger partial charge in [-0.15, -0.1) is 0 Å². The average Bonchev–Trinajstić information content (AvgIpc) is 4.04. The summed E-state index contributed by atoms with van der Waals surface area (Å²) in [5.41, 5.74) is 18.9. The van der Waals surface area contributed by atoms with E-state index in [9.17, 15) is 0 Å². The van der Waals surface area contributed by atoms with Crippen LogP contribution in [-0.4, -0.2) is 9.13 Å². The fourth-order valence-corrected chi connectivity index (χ4v) is 12.5. The van der Waals surface area contributed by atoms with E-state index in [-0.39, 0.29) is 5.41 Å². The van der Waals surface area contributed by atoms with Gasteiger partial charge in [0.25, 0.3) is 0 Å². The van der Waals surface area contributed by atoms with Gasteiger partial charge in [0.05, 0.1) is 33.4 Å². The van der Waals surface area contributed by atoms with Crippen molar-refractivity contribution < 1.29 is 0 Å². The van der Waals surface area contributed by atoms with Crippen LogP contribution in [0.4, 0.5) is 34.1 Å². The van der Waals surface area contributed by atoms with E-state index in [1.165, 1.54) is 87.4 Å². The van der Waals surface area contributed by atoms with Gasteiger partial charge in [-0.3, -0.25) is 0 Å². The van der Waals surface area contributed by atoms with Gasteiger partial charge < -0.3 is 18.9 Å². The Labute approximate surface area is 411 Å². The number of hydrogen-bond donors (Lipinski definition) is 0. The monoisotopic (exact) mass is 906 g/mol. The molecular formula is C67H46N4. The quantitative estimate of drug-likeness (QED) is 0.141. The first-order chi connectivity index (χ1) is 35.0. The van der Waals surface area contributed by atoms with E-state index in [1.807, 2.05) is 0 Å². The molecule has 0 bridgehead atoms. The second-order valence-corrected chi connectivity index (χ2v) is 19.7. The van der Waals surface area contributed by atoms with Gasteiger partial charge in [0.1, 0.15) is 0 Å². The molecule has 0 fully saturated rings. The third kappa shape index (κ3) is 5.67. The summed E-state index contributed by atoms with van der Waals surface area (Å²) in [5.74, 6) is 0. The van der Waals surface area contributed by atoms with Crippen molar-refractivity contribution in [1.29, 1.82) is 0 Å². The van der Waals surface area contributed by atoms with Crippen LogP contribution in [0, 0.1) is 0 Å². The van der Waals surface area contributed by atoms with Crippen LogP contribution >= 0.6 is 0 Å². The number of nitrogens with zero attached hydrogens (tertiary/aromatic N) is 4. The molecule has 1 aliphatic rings. The summed E-state index contributed by atoms with van der Waals surface area (Å²) in [6.45, 7) is 4.75. The van der Waals surface area contributed by atoms with Crippen LogP contribution in [0.2, 0.25) is 0 Å². The smallest absolute Gasteiger partial charge is 0.0548 e. The minimum atomic E-state index is -0.174. The van der Waals surface area contributed by atoms with E-state index >= 15 is 0 Å². The van der Waals surface area contributed by atoms with Gasteiger partial charge in [-0.25, -0.2) is 0 Å². The Balaban J connectivity index is 0.976. The van der Waals surface area contributed by atoms with E-state index in [4.69, 9.17) is 0 Å². The maximum Gasteiger partial charge on any atom is 0.0548 e. The maximum atomic E-state index is 2.51. The molecule has 14 aromatic rings. The number of fused-ring (bicyclic) bond motifs is 3. The minimum absolute atomic E-state index is 0.174. The van der Waals surface area contributed by atoms with Crippen molar-refractivity contribution in [3.63, 3.8) is 0 Å². The number of benzene rings is 12. The number of rotatable bonds is 8. The van der Waals surface area contributed by atoms with Crippen LogP contribution in [0.3, 0.4) is 0 Å². The first-order valence-corrected chi connectivity index (χ1v) is 24.7. The largest absolute Gasteiger partial charge is 0.310 e. The van der Waals surface area contributed by atoms with Crippen molar-refractivity contribution in [2.75, 3.05) is 9.80 Å². The second-order valence-electron chi connectivity index (χ2n) is 19.7. The van der Waals surface area contributed by atoms with Crippen LogP contribution in [0.1, 0.15) is 25.0 Å². The molecule has 1 aliphatic carbocycles. The molecule has 0 atom stereocenters. The van der Waals surface area contributed by atoms with Gasteiger partial charge in [-0.1, -0.05) is 153 Å². The molecule has 2 aromatic heterocycles. The van der Waals surface area contributed by atoms with Gasteiger partial charge in [0.15, 0.2) is 0 Å². The molecule has 0 saturated heterocycles. The summed E-state index contributed by atoms with van der Waals surface area (Å²) in [5, 5.41) is 10.0. The van der Waals surface area contributed by atoms with Gasteiger partial charge in [-0.2, -0.15) is 0 Å². The minimum Gasteiger partial charge on any atom is -0.310 e. The molecule has 2 heterocycles. The van der Waals surface area contributed by atoms with Crippen LogP contribution in [0.25, 0.3) is 87.7 Å². The van der Waals surface area contributed by atoms with Crippen molar-refractivity contribution in [2.24, 2.45) is 0 Å². The standard InChI is InChI=1S/C67H46N4/c1-67(2)55-28-13-12-27-51(55)52-36-33-50(42-56(52)67)69(58-38-40-62-66-54(58)35-32-44-18-15-30-60(64(44)66)71(62)47-23-10-5-11-24-47)49-26-16-25-48(41-49)68(45-19-6-3-7-20-45)57-37-39-61-65-53(57)34-31-43-17-14-29-59(63(43)65)70(61)46-21-8-4-9-22-46/h3-42H,1-2H3. The lowest BCUT2D eigenvalue weighted by molar-refractivity contribution is 0.660. The molecule has 12 aromatic carbocycles. The normalized spacial score (nSPS) is 13.0. The fourth-order valence-electron chi connectivity index (χ4n) is 12.5. The Bertz CT molecular complexity index is 4370. The van der Waals surface area contributed by atoms with Gasteiger partial charge in [0, 0.05) is 71.9 Å². The van der Waals surface area contributed by atoms with Crippen LogP contribution in [0.15, 0.2) is 243 Å². The van der Waals surface area contributed by atoms with E-state index in [0.29, 0.717) is 0 Å². The third-order valence-electron chi connectivity index (χ3n) is 15.6. The lowest BCUT2D eigenvalue weighted by atomic mass is 9.82. The molecule has 0 N–H and O–H groups in total. The second kappa shape index (κ2) is 14.9. The van der Waals surface area contributed by atoms with Crippen molar-refractivity contribution in [2.45, 2.75) is 19.3 Å². The molecule has 15 rings (SSSR count). The lowest BCUT2D eigenvalue weighted by Crippen LogP contribution is -2.17. The number of para-hydroxylation sites is 3. The molecule has 0 unspecified atom stereocenters. The SMILES string of the molecule is CC1(C)c2ccccc2-c2ccc(N(c3cccc(N(c4ccccc4)c4ccc5c6c4ccc4cccc(c46)n5-c4ccccc4)c3)c3ccc4c5c3ccc3cccc(c35)n4-c3ccccc3)cc21. The molecule has 334 valence electrons. The summed E-state index contributed by atoms with van der Waals surface area (Å²) in [4.78, 5) is 4.97. The number of anilines is 6. The van der Waals surface area contributed by atoms with Crippen molar-refractivity contribution >= 4 is 99.3 Å². The van der Waals surface area contributed by atoms with E-state index in [0.717, 1.165) is 45.5 Å². The molecule has 0 amide bonds. The Kier molecular flexibility index (Phi) is 8.38. The first-order valence-electron chi connectivity index (χ1n) is 24.7. The summed E-state index contributed by atoms with van der Waals surface area (Å²) < 4.78 is 4.86. The Hall–Kier alpha value is -9.12. The topological polar surface area (TPSA) is 16.3 Å². The molecular weight excluding hydrogens is 861 g/mol. The molecule has 71 heavy (non-hydrogen) atoms. The molecule has 0 saturated carbocycles. The summed E-state index contributed by atoms with van der Waals surface area (Å²) in [6.07, 6.45) is 0. The zero-order chi connectivity index (χ0) is 47.0.